The summed E-state index contributed by atoms with van der Waals surface area (Å²) >= 11 is 0. The van der Waals surface area contributed by atoms with E-state index in [0.717, 1.165) is 31.2 Å². The van der Waals surface area contributed by atoms with Crippen molar-refractivity contribution < 1.29 is 36.3 Å². The van der Waals surface area contributed by atoms with Crippen molar-refractivity contribution in [3.05, 3.63) is 151 Å². The van der Waals surface area contributed by atoms with Crippen LogP contribution < -0.4 is 22.6 Å². The SMILES string of the molecule is CC(C)(C)c1ccc(OP(=O)(Oc2ccccc2)Oc2ccccc2)cc1.CCCCC(CC)COP(=O)(Oc1ccccc1)Oc1ccccc1. The van der Waals surface area contributed by atoms with Crippen LogP contribution in [0, 0.1) is 5.92 Å². The van der Waals surface area contributed by atoms with Crippen molar-refractivity contribution >= 4 is 15.6 Å². The summed E-state index contributed by atoms with van der Waals surface area (Å²) in [6, 6.07) is 43.1. The Hall–Kier alpha value is -4.48. The molecule has 0 aliphatic heterocycles. The normalized spacial score (nSPS) is 12.1. The number of phosphoric ester groups is 2. The number of phosphoric acid groups is 2. The minimum Gasteiger partial charge on any atom is -0.395 e. The molecule has 0 amide bonds. The molecule has 0 aliphatic rings. The van der Waals surface area contributed by atoms with E-state index in [-0.39, 0.29) is 5.41 Å². The van der Waals surface area contributed by atoms with E-state index >= 15 is 0 Å². The van der Waals surface area contributed by atoms with Crippen LogP contribution in [0.4, 0.5) is 0 Å². The van der Waals surface area contributed by atoms with Crippen molar-refractivity contribution in [1.82, 2.24) is 0 Å². The van der Waals surface area contributed by atoms with Gasteiger partial charge < -0.3 is 22.6 Å². The molecule has 1 unspecified atom stereocenters. The Labute approximate surface area is 309 Å². The molecule has 0 saturated carbocycles. The minimum atomic E-state index is -3.94. The number of para-hydroxylation sites is 4. The van der Waals surface area contributed by atoms with E-state index in [4.69, 9.17) is 27.1 Å². The summed E-state index contributed by atoms with van der Waals surface area (Å²) in [5, 5.41) is 0. The maximum atomic E-state index is 13.3. The van der Waals surface area contributed by atoms with E-state index in [1.807, 2.05) is 60.7 Å². The highest BCUT2D eigenvalue weighted by atomic mass is 31.2. The van der Waals surface area contributed by atoms with E-state index in [0.29, 0.717) is 41.3 Å². The molecule has 5 aromatic rings. The third-order valence-corrected chi connectivity index (χ3v) is 10.4. The number of hydrogen-bond donors (Lipinski definition) is 0. The Balaban J connectivity index is 0.000000234. The second-order valence-corrected chi connectivity index (χ2v) is 16.0. The molecule has 10 heteroatoms. The first-order valence-electron chi connectivity index (χ1n) is 17.6. The average molecular weight is 745 g/mol. The largest absolute Gasteiger partial charge is 0.647 e. The maximum Gasteiger partial charge on any atom is 0.647 e. The highest BCUT2D eigenvalue weighted by molar-refractivity contribution is 7.50. The maximum absolute atomic E-state index is 13.3. The van der Waals surface area contributed by atoms with Gasteiger partial charge in [-0.05, 0) is 84.0 Å². The molecule has 0 aromatic heterocycles. The van der Waals surface area contributed by atoms with Gasteiger partial charge in [-0.1, -0.05) is 139 Å². The fourth-order valence-electron chi connectivity index (χ4n) is 4.81. The molecule has 8 nitrogen and oxygen atoms in total. The van der Waals surface area contributed by atoms with E-state index in [2.05, 4.69) is 34.6 Å². The average Bonchev–Trinajstić information content (AvgIpc) is 3.13. The Kier molecular flexibility index (Phi) is 15.5. The summed E-state index contributed by atoms with van der Waals surface area (Å²) in [7, 11) is -7.70. The lowest BCUT2D eigenvalue weighted by Crippen LogP contribution is -2.12. The smallest absolute Gasteiger partial charge is 0.395 e. The van der Waals surface area contributed by atoms with Gasteiger partial charge in [0.1, 0.15) is 28.7 Å². The molecule has 5 rings (SSSR count). The van der Waals surface area contributed by atoms with Crippen molar-refractivity contribution in [3.63, 3.8) is 0 Å². The summed E-state index contributed by atoms with van der Waals surface area (Å²) in [6.07, 6.45) is 4.28. The van der Waals surface area contributed by atoms with Crippen LogP contribution in [0.2, 0.25) is 0 Å². The zero-order valence-electron chi connectivity index (χ0n) is 30.6. The molecule has 0 bridgehead atoms. The first-order chi connectivity index (χ1) is 25.0. The van der Waals surface area contributed by atoms with Gasteiger partial charge in [-0.15, -0.1) is 0 Å². The van der Waals surface area contributed by atoms with Gasteiger partial charge in [-0.25, -0.2) is 4.57 Å². The molecule has 0 fully saturated rings. The second kappa shape index (κ2) is 19.9. The molecule has 0 aliphatic carbocycles. The zero-order chi connectivity index (χ0) is 37.3. The fraction of sp³-hybridized carbons (Fsp3) is 0.286. The molecule has 0 spiro atoms. The molecule has 0 saturated heterocycles. The van der Waals surface area contributed by atoms with E-state index in [1.165, 1.54) is 0 Å². The van der Waals surface area contributed by atoms with Crippen LogP contribution >= 0.6 is 15.6 Å². The summed E-state index contributed by atoms with van der Waals surface area (Å²) in [4.78, 5) is 0. The van der Waals surface area contributed by atoms with Crippen molar-refractivity contribution in [2.24, 2.45) is 5.92 Å². The van der Waals surface area contributed by atoms with Crippen LogP contribution in [0.15, 0.2) is 146 Å². The standard InChI is InChI=1S/C22H23O4P.C20H27O4P/c1-22(2,3)18-14-16-21(17-15-18)26-27(23,24-19-10-6-4-7-11-19)25-20-12-8-5-9-13-20;1-3-5-12-18(4-2)17-22-25(21,23-19-13-8-6-9-14-19)24-20-15-10-7-11-16-20/h4-17H,1-3H3;6-11,13-16,18H,3-5,12,17H2,1-2H3. The van der Waals surface area contributed by atoms with Gasteiger partial charge in [0.05, 0.1) is 6.61 Å². The number of hydrogen-bond acceptors (Lipinski definition) is 8. The van der Waals surface area contributed by atoms with Gasteiger partial charge in [0.2, 0.25) is 0 Å². The molecule has 5 aromatic carbocycles. The first-order valence-corrected chi connectivity index (χ1v) is 20.5. The summed E-state index contributed by atoms with van der Waals surface area (Å²) in [5.41, 5.74) is 1.17. The van der Waals surface area contributed by atoms with Gasteiger partial charge in [0, 0.05) is 0 Å². The molecule has 0 radical (unpaired) electrons. The second-order valence-electron chi connectivity index (χ2n) is 13.1. The van der Waals surface area contributed by atoms with Gasteiger partial charge in [-0.3, -0.25) is 4.52 Å². The van der Waals surface area contributed by atoms with Crippen molar-refractivity contribution in [2.75, 3.05) is 6.61 Å². The van der Waals surface area contributed by atoms with Gasteiger partial charge in [-0.2, -0.15) is 4.57 Å². The third-order valence-electron chi connectivity index (χ3n) is 7.79. The fourth-order valence-corrected chi connectivity index (χ4v) is 7.36. The molecule has 0 heterocycles. The lowest BCUT2D eigenvalue weighted by Gasteiger charge is -2.21. The number of unbranched alkanes of at least 4 members (excludes halogenated alkanes) is 1. The monoisotopic (exact) mass is 744 g/mol. The predicted molar refractivity (Wildman–Crippen MR) is 209 cm³/mol. The lowest BCUT2D eigenvalue weighted by molar-refractivity contribution is 0.170. The predicted octanol–water partition coefficient (Wildman–Crippen LogP) is 13.1. The van der Waals surface area contributed by atoms with Gasteiger partial charge in [0.15, 0.2) is 0 Å². The summed E-state index contributed by atoms with van der Waals surface area (Å²) in [6.45, 7) is 11.0. The Morgan fingerprint density at radius 3 is 1.17 bits per heavy atom. The van der Waals surface area contributed by atoms with Crippen molar-refractivity contribution in [3.8, 4) is 28.7 Å². The molecule has 276 valence electrons. The Morgan fingerprint density at radius 2 is 0.846 bits per heavy atom. The van der Waals surface area contributed by atoms with E-state index < -0.39 is 15.6 Å². The molecular weight excluding hydrogens is 694 g/mol. The van der Waals surface area contributed by atoms with Gasteiger partial charge in [0.25, 0.3) is 0 Å². The molecule has 0 N–H and O–H groups in total. The van der Waals surface area contributed by atoms with Crippen LogP contribution in [0.25, 0.3) is 0 Å². The Bertz CT molecular complexity index is 1720. The van der Waals surface area contributed by atoms with Crippen LogP contribution in [0.3, 0.4) is 0 Å². The third kappa shape index (κ3) is 13.9. The summed E-state index contributed by atoms with van der Waals surface area (Å²) < 4.78 is 60.4. The zero-order valence-corrected chi connectivity index (χ0v) is 32.4. The van der Waals surface area contributed by atoms with Crippen LogP contribution in [0.5, 0.6) is 28.7 Å². The molecular formula is C42H50O8P2. The molecule has 1 atom stereocenters. The topological polar surface area (TPSA) is 89.5 Å². The Morgan fingerprint density at radius 1 is 0.500 bits per heavy atom. The quantitative estimate of drug-likeness (QED) is 0.0869. The number of rotatable bonds is 17. The summed E-state index contributed by atoms with van der Waals surface area (Å²) in [5.74, 6) is 2.49. The first kappa shape index (κ1) is 40.3. The van der Waals surface area contributed by atoms with E-state index in [9.17, 15) is 9.13 Å². The number of benzene rings is 5. The van der Waals surface area contributed by atoms with Gasteiger partial charge >= 0.3 is 15.6 Å². The highest BCUT2D eigenvalue weighted by Crippen LogP contribution is 2.51. The lowest BCUT2D eigenvalue weighted by atomic mass is 9.87. The van der Waals surface area contributed by atoms with Crippen molar-refractivity contribution in [1.29, 1.82) is 0 Å². The van der Waals surface area contributed by atoms with Crippen molar-refractivity contribution in [2.45, 2.75) is 65.7 Å². The van der Waals surface area contributed by atoms with Crippen LogP contribution in [0.1, 0.15) is 65.9 Å². The molecule has 52 heavy (non-hydrogen) atoms. The minimum absolute atomic E-state index is 0.0172. The van der Waals surface area contributed by atoms with Crippen LogP contribution in [-0.4, -0.2) is 6.61 Å². The van der Waals surface area contributed by atoms with Crippen LogP contribution in [-0.2, 0) is 19.1 Å². The highest BCUT2D eigenvalue weighted by Gasteiger charge is 2.34. The van der Waals surface area contributed by atoms with E-state index in [1.54, 1.807) is 84.9 Å².